The fourth-order valence-corrected chi connectivity index (χ4v) is 4.73. The van der Waals surface area contributed by atoms with Gasteiger partial charge in [-0.1, -0.05) is 43.3 Å². The molecule has 0 radical (unpaired) electrons. The molecule has 0 aromatic heterocycles. The fraction of sp³-hybridized carbons (Fsp3) is 0.350. The molecular weight excluding hydrogens is 378 g/mol. The van der Waals surface area contributed by atoms with E-state index in [0.717, 1.165) is 6.54 Å². The molecule has 27 heavy (non-hydrogen) atoms. The van der Waals surface area contributed by atoms with E-state index in [1.165, 1.54) is 4.90 Å². The molecule has 5 nitrogen and oxygen atoms in total. The highest BCUT2D eigenvalue weighted by molar-refractivity contribution is 8.00. The van der Waals surface area contributed by atoms with Crippen molar-refractivity contribution in [3.8, 4) is 0 Å². The second-order valence-corrected chi connectivity index (χ2v) is 9.73. The van der Waals surface area contributed by atoms with E-state index in [1.807, 2.05) is 24.3 Å². The van der Waals surface area contributed by atoms with E-state index in [-0.39, 0.29) is 5.75 Å². The minimum atomic E-state index is -3.23. The summed E-state index contributed by atoms with van der Waals surface area (Å²) in [6, 6.07) is 18.8. The van der Waals surface area contributed by atoms with Crippen molar-refractivity contribution in [3.05, 3.63) is 60.7 Å². The van der Waals surface area contributed by atoms with Crippen LogP contribution in [0.15, 0.2) is 75.4 Å². The monoisotopic (exact) mass is 405 g/mol. The number of hydrogen-bond donors (Lipinski definition) is 2. The van der Waals surface area contributed by atoms with Crippen LogP contribution in [-0.2, 0) is 9.84 Å². The molecule has 7 heteroatoms. The van der Waals surface area contributed by atoms with Crippen LogP contribution in [0.1, 0.15) is 13.3 Å². The first-order valence-corrected chi connectivity index (χ1v) is 11.5. The van der Waals surface area contributed by atoms with Crippen molar-refractivity contribution < 1.29 is 8.42 Å². The van der Waals surface area contributed by atoms with Crippen LogP contribution in [-0.4, -0.2) is 45.5 Å². The molecule has 0 amide bonds. The molecule has 2 aromatic rings. The third-order valence-corrected chi connectivity index (χ3v) is 6.78. The Bertz CT molecular complexity index is 810. The van der Waals surface area contributed by atoms with Gasteiger partial charge in [-0.15, -0.1) is 11.8 Å². The Morgan fingerprint density at radius 2 is 1.67 bits per heavy atom. The molecular formula is C20H27N3O2S2. The standard InChI is InChI=1S/C20H27N3O2S2/c1-17(26-18-10-5-3-6-11-18)16-23-20(21-2)22-14-9-15-27(24,25)19-12-7-4-8-13-19/h3-8,10-13,17H,9,14-16H2,1-2H3,(H2,21,22,23). The smallest absolute Gasteiger partial charge is 0.191 e. The maximum Gasteiger partial charge on any atom is 0.191 e. The zero-order chi connectivity index (χ0) is 19.5. The highest BCUT2D eigenvalue weighted by Gasteiger charge is 2.13. The summed E-state index contributed by atoms with van der Waals surface area (Å²) in [5.41, 5.74) is 0. The summed E-state index contributed by atoms with van der Waals surface area (Å²) in [5.74, 6) is 0.800. The van der Waals surface area contributed by atoms with E-state index in [1.54, 1.807) is 43.1 Å². The average molecular weight is 406 g/mol. The molecule has 0 bridgehead atoms. The summed E-state index contributed by atoms with van der Waals surface area (Å²) in [4.78, 5) is 5.81. The molecule has 2 N–H and O–H groups in total. The minimum Gasteiger partial charge on any atom is -0.356 e. The predicted octanol–water partition coefficient (Wildman–Crippen LogP) is 3.20. The van der Waals surface area contributed by atoms with Gasteiger partial charge in [-0.3, -0.25) is 4.99 Å². The van der Waals surface area contributed by atoms with Crippen LogP contribution >= 0.6 is 11.8 Å². The molecule has 1 atom stereocenters. The van der Waals surface area contributed by atoms with Crippen LogP contribution in [0.2, 0.25) is 0 Å². The molecule has 0 aliphatic carbocycles. The number of benzene rings is 2. The zero-order valence-electron chi connectivity index (χ0n) is 15.8. The van der Waals surface area contributed by atoms with Gasteiger partial charge in [0.15, 0.2) is 15.8 Å². The van der Waals surface area contributed by atoms with Crippen LogP contribution in [0.5, 0.6) is 0 Å². The molecule has 0 fully saturated rings. The third-order valence-electron chi connectivity index (χ3n) is 3.85. The van der Waals surface area contributed by atoms with Gasteiger partial charge in [-0.05, 0) is 30.7 Å². The van der Waals surface area contributed by atoms with E-state index in [4.69, 9.17) is 0 Å². The van der Waals surface area contributed by atoms with E-state index >= 15 is 0 Å². The van der Waals surface area contributed by atoms with Crippen LogP contribution in [0.4, 0.5) is 0 Å². The minimum absolute atomic E-state index is 0.112. The third kappa shape index (κ3) is 7.64. The summed E-state index contributed by atoms with van der Waals surface area (Å²) in [7, 11) is -1.52. The molecule has 146 valence electrons. The van der Waals surface area contributed by atoms with Gasteiger partial charge < -0.3 is 10.6 Å². The van der Waals surface area contributed by atoms with Gasteiger partial charge in [0.05, 0.1) is 10.6 Å². The number of nitrogens with zero attached hydrogens (tertiary/aromatic N) is 1. The first kappa shape index (κ1) is 21.3. The van der Waals surface area contributed by atoms with Crippen molar-refractivity contribution in [2.45, 2.75) is 28.4 Å². The van der Waals surface area contributed by atoms with Crippen molar-refractivity contribution in [1.29, 1.82) is 0 Å². The van der Waals surface area contributed by atoms with E-state index in [2.05, 4.69) is 34.7 Å². The topological polar surface area (TPSA) is 70.6 Å². The first-order valence-electron chi connectivity index (χ1n) is 8.95. The number of aliphatic imine (C=N–C) groups is 1. The van der Waals surface area contributed by atoms with Gasteiger partial charge in [-0.2, -0.15) is 0 Å². The summed E-state index contributed by atoms with van der Waals surface area (Å²) < 4.78 is 24.5. The Morgan fingerprint density at radius 1 is 1.04 bits per heavy atom. The summed E-state index contributed by atoms with van der Waals surface area (Å²) >= 11 is 1.80. The van der Waals surface area contributed by atoms with Gasteiger partial charge in [-0.25, -0.2) is 8.42 Å². The maximum absolute atomic E-state index is 12.3. The lowest BCUT2D eigenvalue weighted by molar-refractivity contribution is 0.592. The van der Waals surface area contributed by atoms with Crippen LogP contribution in [0.25, 0.3) is 0 Å². The SMILES string of the molecule is CN=C(NCCCS(=O)(=O)c1ccccc1)NCC(C)Sc1ccccc1. The lowest BCUT2D eigenvalue weighted by Gasteiger charge is -2.16. The Kier molecular flexibility index (Phi) is 8.67. The Morgan fingerprint density at radius 3 is 2.30 bits per heavy atom. The van der Waals surface area contributed by atoms with Gasteiger partial charge in [0.25, 0.3) is 0 Å². The van der Waals surface area contributed by atoms with Crippen molar-refractivity contribution in [2.24, 2.45) is 4.99 Å². The largest absolute Gasteiger partial charge is 0.356 e. The Labute approximate surface area is 166 Å². The van der Waals surface area contributed by atoms with Gasteiger partial charge in [0.2, 0.25) is 0 Å². The van der Waals surface area contributed by atoms with E-state index in [9.17, 15) is 8.42 Å². The highest BCUT2D eigenvalue weighted by Crippen LogP contribution is 2.21. The summed E-state index contributed by atoms with van der Waals surface area (Å²) in [6.07, 6.45) is 0.520. The Hall–Kier alpha value is -1.99. The molecule has 1 unspecified atom stereocenters. The van der Waals surface area contributed by atoms with E-state index < -0.39 is 9.84 Å². The summed E-state index contributed by atoms with van der Waals surface area (Å²) in [5, 5.41) is 6.84. The quantitative estimate of drug-likeness (QED) is 0.290. The number of sulfone groups is 1. The lowest BCUT2D eigenvalue weighted by atomic mass is 10.4. The van der Waals surface area contributed by atoms with Gasteiger partial charge in [0.1, 0.15) is 0 Å². The zero-order valence-corrected chi connectivity index (χ0v) is 17.4. The van der Waals surface area contributed by atoms with Crippen LogP contribution < -0.4 is 10.6 Å². The molecule has 0 aliphatic rings. The normalized spacial score (nSPS) is 13.2. The van der Waals surface area contributed by atoms with Crippen LogP contribution in [0.3, 0.4) is 0 Å². The van der Waals surface area contributed by atoms with Crippen molar-refractivity contribution in [2.75, 3.05) is 25.9 Å². The fourth-order valence-electron chi connectivity index (χ4n) is 2.45. The summed E-state index contributed by atoms with van der Waals surface area (Å²) in [6.45, 7) is 3.47. The number of guanidine groups is 1. The number of hydrogen-bond acceptors (Lipinski definition) is 4. The first-order chi connectivity index (χ1) is 13.0. The van der Waals surface area contributed by atoms with Crippen LogP contribution in [0, 0.1) is 0 Å². The molecule has 0 saturated heterocycles. The molecule has 0 saturated carbocycles. The molecule has 0 aliphatic heterocycles. The number of thioether (sulfide) groups is 1. The van der Waals surface area contributed by atoms with Crippen molar-refractivity contribution in [3.63, 3.8) is 0 Å². The molecule has 0 heterocycles. The average Bonchev–Trinajstić information content (AvgIpc) is 2.69. The molecule has 0 spiro atoms. The second kappa shape index (κ2) is 11.0. The molecule has 2 aromatic carbocycles. The number of nitrogens with one attached hydrogen (secondary N) is 2. The molecule has 2 rings (SSSR count). The van der Waals surface area contributed by atoms with Crippen molar-refractivity contribution in [1.82, 2.24) is 10.6 Å². The van der Waals surface area contributed by atoms with E-state index in [0.29, 0.717) is 29.1 Å². The number of rotatable bonds is 9. The van der Waals surface area contributed by atoms with Crippen molar-refractivity contribution >= 4 is 27.6 Å². The van der Waals surface area contributed by atoms with Gasteiger partial charge in [0, 0.05) is 30.3 Å². The van der Waals surface area contributed by atoms with Gasteiger partial charge >= 0.3 is 0 Å². The Balaban J connectivity index is 1.69. The second-order valence-electron chi connectivity index (χ2n) is 6.11. The predicted molar refractivity (Wildman–Crippen MR) is 114 cm³/mol. The lowest BCUT2D eigenvalue weighted by Crippen LogP contribution is -2.40. The maximum atomic E-state index is 12.3. The highest BCUT2D eigenvalue weighted by atomic mass is 32.2.